The Morgan fingerprint density at radius 2 is 1.96 bits per heavy atom. The van der Waals surface area contributed by atoms with E-state index in [4.69, 9.17) is 0 Å². The molecule has 0 atom stereocenters. The molecule has 4 nitrogen and oxygen atoms in total. The zero-order valence-electron chi connectivity index (χ0n) is 14.7. The van der Waals surface area contributed by atoms with E-state index < -0.39 is 17.2 Å². The van der Waals surface area contributed by atoms with Crippen LogP contribution in [0.1, 0.15) is 31.4 Å². The quantitative estimate of drug-likeness (QED) is 0.415. The Bertz CT molecular complexity index is 1070. The monoisotopic (exact) mass is 355 g/mol. The van der Waals surface area contributed by atoms with Gasteiger partial charge in [-0.05, 0) is 32.4 Å². The van der Waals surface area contributed by atoms with E-state index in [1.54, 1.807) is 12.1 Å². The van der Waals surface area contributed by atoms with Gasteiger partial charge in [0.05, 0.1) is 22.4 Å². The zero-order valence-corrected chi connectivity index (χ0v) is 14.7. The number of aromatic nitrogens is 1. The number of H-pyrrole nitrogens is 1. The maximum absolute atomic E-state index is 15.4. The Kier molecular flexibility index (Phi) is 3.54. The molecule has 0 aliphatic carbocycles. The number of nitrogens with zero attached hydrogens (tertiary/aromatic N) is 1. The minimum atomic E-state index is -0.726. The summed E-state index contributed by atoms with van der Waals surface area (Å²) in [6.07, 6.45) is 2.14. The molecule has 0 spiro atoms. The first-order valence-corrected chi connectivity index (χ1v) is 8.41. The van der Waals surface area contributed by atoms with Crippen molar-refractivity contribution in [2.75, 3.05) is 5.32 Å². The van der Waals surface area contributed by atoms with E-state index >= 15 is 4.39 Å². The van der Waals surface area contributed by atoms with Gasteiger partial charge in [0.1, 0.15) is 11.6 Å². The lowest BCUT2D eigenvalue weighted by Crippen LogP contribution is -2.39. The Morgan fingerprint density at radius 1 is 1.19 bits per heavy atom. The summed E-state index contributed by atoms with van der Waals surface area (Å²) in [5.74, 6) is -1.39. The van der Waals surface area contributed by atoms with Gasteiger partial charge in [0.2, 0.25) is 0 Å². The number of aryl methyl sites for hydroxylation is 1. The maximum Gasteiger partial charge on any atom is 0.145 e. The van der Waals surface area contributed by atoms with Crippen LogP contribution in [0.25, 0.3) is 22.0 Å². The number of para-hydroxylation sites is 1. The molecule has 0 fully saturated rings. The van der Waals surface area contributed by atoms with Crippen molar-refractivity contribution in [3.8, 4) is 11.1 Å². The van der Waals surface area contributed by atoms with Crippen LogP contribution < -0.4 is 5.32 Å². The van der Waals surface area contributed by atoms with Gasteiger partial charge in [-0.15, -0.1) is 0 Å². The molecule has 1 aromatic heterocycles. The van der Waals surface area contributed by atoms with Gasteiger partial charge in [-0.1, -0.05) is 23.4 Å². The highest BCUT2D eigenvalue weighted by atomic mass is 19.1. The number of hydrogen-bond acceptors (Lipinski definition) is 3. The highest BCUT2D eigenvalue weighted by Gasteiger charge is 2.34. The molecule has 0 saturated heterocycles. The Morgan fingerprint density at radius 3 is 2.69 bits per heavy atom. The van der Waals surface area contributed by atoms with Crippen molar-refractivity contribution in [2.24, 2.45) is 5.16 Å². The highest BCUT2D eigenvalue weighted by Crippen LogP contribution is 2.40. The first-order chi connectivity index (χ1) is 12.3. The lowest BCUT2D eigenvalue weighted by atomic mass is 9.85. The molecule has 3 N–H and O–H groups in total. The normalized spacial score (nSPS) is 17.3. The Balaban J connectivity index is 2.03. The van der Waals surface area contributed by atoms with Crippen LogP contribution in [0.2, 0.25) is 0 Å². The van der Waals surface area contributed by atoms with Crippen LogP contribution >= 0.6 is 0 Å². The van der Waals surface area contributed by atoms with Crippen LogP contribution in [0.3, 0.4) is 0 Å². The summed E-state index contributed by atoms with van der Waals surface area (Å²) in [7, 11) is 0. The molecular formula is C20H19F2N3O. The number of fused-ring (bicyclic) bond motifs is 2. The fourth-order valence-corrected chi connectivity index (χ4v) is 3.75. The number of hydrogen-bond donors (Lipinski definition) is 3. The summed E-state index contributed by atoms with van der Waals surface area (Å²) >= 11 is 0. The van der Waals surface area contributed by atoms with Crippen molar-refractivity contribution >= 4 is 22.3 Å². The topological polar surface area (TPSA) is 60.4 Å². The third-order valence-electron chi connectivity index (χ3n) is 4.90. The van der Waals surface area contributed by atoms with Crippen molar-refractivity contribution in [1.82, 2.24) is 4.98 Å². The van der Waals surface area contributed by atoms with Crippen molar-refractivity contribution in [1.29, 1.82) is 0 Å². The minimum Gasteiger partial charge on any atom is -0.411 e. The van der Waals surface area contributed by atoms with E-state index in [-0.39, 0.29) is 16.8 Å². The summed E-state index contributed by atoms with van der Waals surface area (Å²) in [5, 5.41) is 16.7. The molecule has 2 aromatic carbocycles. The number of nitrogens with one attached hydrogen (secondary N) is 2. The molecule has 0 saturated carbocycles. The third-order valence-corrected chi connectivity index (χ3v) is 4.90. The Labute approximate surface area is 149 Å². The van der Waals surface area contributed by atoms with Crippen molar-refractivity contribution in [3.63, 3.8) is 0 Å². The fraction of sp³-hybridized carbons (Fsp3) is 0.250. The van der Waals surface area contributed by atoms with E-state index in [9.17, 15) is 9.60 Å². The van der Waals surface area contributed by atoms with Crippen LogP contribution in [0.4, 0.5) is 14.5 Å². The van der Waals surface area contributed by atoms with E-state index in [1.165, 1.54) is 6.07 Å². The molecule has 1 aliphatic rings. The standard InChI is InChI=1S/C20H19F2N3O/c1-10-9-23-19-11(10)5-4-6-12(19)16-13(21)7-14-17(18(16)22)15(25-26)8-20(2,3)24-14/h4-7,9,23-24,26H,8H2,1-3H3. The molecule has 0 unspecified atom stereocenters. The molecule has 2 heterocycles. The Hall–Kier alpha value is -2.89. The molecule has 1 aliphatic heterocycles. The van der Waals surface area contributed by atoms with Gasteiger partial charge in [-0.3, -0.25) is 0 Å². The second kappa shape index (κ2) is 5.56. The first kappa shape index (κ1) is 16.6. The average Bonchev–Trinajstić information content (AvgIpc) is 2.95. The van der Waals surface area contributed by atoms with Crippen molar-refractivity contribution < 1.29 is 14.0 Å². The van der Waals surface area contributed by atoms with E-state index in [0.29, 0.717) is 23.2 Å². The van der Waals surface area contributed by atoms with Crippen LogP contribution in [0.15, 0.2) is 35.6 Å². The SMILES string of the molecule is Cc1c[nH]c2c(-c3c(F)cc4c(c3F)C(=NO)CC(C)(C)N4)cccc12. The van der Waals surface area contributed by atoms with Gasteiger partial charge in [-0.25, -0.2) is 8.78 Å². The molecule has 3 aromatic rings. The summed E-state index contributed by atoms with van der Waals surface area (Å²) < 4.78 is 30.4. The fourth-order valence-electron chi connectivity index (χ4n) is 3.75. The van der Waals surface area contributed by atoms with E-state index in [1.807, 2.05) is 33.0 Å². The molecule has 0 bridgehead atoms. The second-order valence-corrected chi connectivity index (χ2v) is 7.40. The summed E-state index contributed by atoms with van der Waals surface area (Å²) in [6.45, 7) is 5.70. The maximum atomic E-state index is 15.4. The van der Waals surface area contributed by atoms with Crippen LogP contribution in [0.5, 0.6) is 0 Å². The second-order valence-electron chi connectivity index (χ2n) is 7.40. The molecule has 134 valence electrons. The predicted molar refractivity (Wildman–Crippen MR) is 99.0 cm³/mol. The molecule has 4 rings (SSSR count). The number of benzene rings is 2. The van der Waals surface area contributed by atoms with Crippen LogP contribution in [0, 0.1) is 18.6 Å². The summed E-state index contributed by atoms with van der Waals surface area (Å²) in [4.78, 5) is 3.10. The highest BCUT2D eigenvalue weighted by molar-refractivity contribution is 6.09. The van der Waals surface area contributed by atoms with E-state index in [2.05, 4.69) is 15.5 Å². The molecule has 26 heavy (non-hydrogen) atoms. The van der Waals surface area contributed by atoms with Crippen molar-refractivity contribution in [2.45, 2.75) is 32.7 Å². The summed E-state index contributed by atoms with van der Waals surface area (Å²) in [5.41, 5.74) is 2.14. The summed E-state index contributed by atoms with van der Waals surface area (Å²) in [6, 6.07) is 6.64. The first-order valence-electron chi connectivity index (χ1n) is 8.41. The number of halogens is 2. The number of anilines is 1. The van der Waals surface area contributed by atoms with E-state index in [0.717, 1.165) is 10.9 Å². The van der Waals surface area contributed by atoms with Crippen LogP contribution in [-0.2, 0) is 0 Å². The lowest BCUT2D eigenvalue weighted by molar-refractivity contribution is 0.316. The number of aromatic amines is 1. The zero-order chi connectivity index (χ0) is 18.6. The molecule has 6 heteroatoms. The predicted octanol–water partition coefficient (Wildman–Crippen LogP) is 5.19. The molecular weight excluding hydrogens is 336 g/mol. The van der Waals surface area contributed by atoms with Crippen LogP contribution in [-0.4, -0.2) is 21.4 Å². The lowest BCUT2D eigenvalue weighted by Gasteiger charge is -2.34. The third kappa shape index (κ3) is 2.36. The largest absolute Gasteiger partial charge is 0.411 e. The van der Waals surface area contributed by atoms with Gasteiger partial charge >= 0.3 is 0 Å². The van der Waals surface area contributed by atoms with Gasteiger partial charge in [0.15, 0.2) is 0 Å². The van der Waals surface area contributed by atoms with Gasteiger partial charge in [0.25, 0.3) is 0 Å². The average molecular weight is 355 g/mol. The van der Waals surface area contributed by atoms with Gasteiger partial charge in [0, 0.05) is 34.8 Å². The molecule has 0 amide bonds. The number of rotatable bonds is 1. The van der Waals surface area contributed by atoms with Gasteiger partial charge in [-0.2, -0.15) is 0 Å². The minimum absolute atomic E-state index is 0.114. The smallest absolute Gasteiger partial charge is 0.145 e. The van der Waals surface area contributed by atoms with Crippen molar-refractivity contribution in [3.05, 3.63) is 53.2 Å². The molecule has 0 radical (unpaired) electrons. The van der Waals surface area contributed by atoms with Gasteiger partial charge < -0.3 is 15.5 Å². The number of oxime groups is 1.